The number of carboxylic acid groups (broad SMARTS) is 2. The molecule has 15 heteroatoms. The minimum Gasteiger partial charge on any atom is -0.474 e. The van der Waals surface area contributed by atoms with Crippen molar-refractivity contribution in [3.63, 3.8) is 0 Å². The van der Waals surface area contributed by atoms with Crippen molar-refractivity contribution in [3.05, 3.63) is 177 Å². The van der Waals surface area contributed by atoms with E-state index in [0.29, 0.717) is 11.1 Å². The van der Waals surface area contributed by atoms with Gasteiger partial charge in [-0.3, -0.25) is 9.59 Å². The molecule has 0 radical (unpaired) electrons. The first-order valence-corrected chi connectivity index (χ1v) is 25.6. The van der Waals surface area contributed by atoms with Gasteiger partial charge in [0.2, 0.25) is 0 Å². The van der Waals surface area contributed by atoms with Crippen molar-refractivity contribution >= 4 is 23.8 Å². The SMILES string of the molecule is CCCCCCc1ccc(CCc2ccc(CN(Cc3ccc(C(F)(F)F)cc3)C(=O)C(=O)O)cc2)cc1.O=C(O)C(=O)N(Cc1ccc(CCCCCCCCCCCO)cc1)Cc1ccc(C(F)(F)F)cc1. The first kappa shape index (κ1) is 60.1. The predicted octanol–water partition coefficient (Wildman–Crippen LogP) is 13.6. The van der Waals surface area contributed by atoms with Crippen LogP contribution in [0.4, 0.5) is 26.3 Å². The quantitative estimate of drug-likeness (QED) is 0.0271. The number of alkyl halides is 6. The number of rotatable bonds is 27. The maximum Gasteiger partial charge on any atom is 0.416 e. The second-order valence-electron chi connectivity index (χ2n) is 18.7. The van der Waals surface area contributed by atoms with Crippen LogP contribution in [0.15, 0.2) is 121 Å². The number of hydrogen-bond donors (Lipinski definition) is 3. The van der Waals surface area contributed by atoms with Crippen LogP contribution >= 0.6 is 0 Å². The monoisotopic (exact) mass is 1030 g/mol. The molecule has 0 aromatic heterocycles. The number of unbranched alkanes of at least 4 members (excludes halogenated alkanes) is 11. The van der Waals surface area contributed by atoms with Gasteiger partial charge in [0.1, 0.15) is 0 Å². The maximum atomic E-state index is 12.8. The summed E-state index contributed by atoms with van der Waals surface area (Å²) in [5.74, 6) is -5.43. The lowest BCUT2D eigenvalue weighted by atomic mass is 10.0. The number of halogens is 6. The number of carboxylic acids is 2. The molecule has 0 bridgehead atoms. The van der Waals surface area contributed by atoms with Crippen molar-refractivity contribution in [1.82, 2.24) is 9.80 Å². The van der Waals surface area contributed by atoms with Crippen molar-refractivity contribution < 1.29 is 60.8 Å². The molecule has 74 heavy (non-hydrogen) atoms. The Morgan fingerprint density at radius 2 is 0.608 bits per heavy atom. The number of aliphatic hydroxyl groups is 1. The fourth-order valence-corrected chi connectivity index (χ4v) is 8.37. The van der Waals surface area contributed by atoms with Crippen LogP contribution in [0.25, 0.3) is 0 Å². The van der Waals surface area contributed by atoms with Gasteiger partial charge in [0, 0.05) is 32.8 Å². The first-order valence-electron chi connectivity index (χ1n) is 25.6. The molecule has 0 aliphatic carbocycles. The number of amides is 2. The largest absolute Gasteiger partial charge is 0.474 e. The summed E-state index contributed by atoms with van der Waals surface area (Å²) in [7, 11) is 0. The van der Waals surface area contributed by atoms with Crippen LogP contribution in [0.2, 0.25) is 0 Å². The summed E-state index contributed by atoms with van der Waals surface area (Å²) in [5, 5.41) is 27.2. The lowest BCUT2D eigenvalue weighted by Crippen LogP contribution is -2.35. The first-order chi connectivity index (χ1) is 35.4. The van der Waals surface area contributed by atoms with E-state index in [0.717, 1.165) is 102 Å². The molecule has 9 nitrogen and oxygen atoms in total. The number of aliphatic hydroxyl groups excluding tert-OH is 1. The third-order valence-corrected chi connectivity index (χ3v) is 12.7. The van der Waals surface area contributed by atoms with Gasteiger partial charge in [0.15, 0.2) is 0 Å². The Hall–Kier alpha value is -6.48. The van der Waals surface area contributed by atoms with E-state index in [4.69, 9.17) is 5.11 Å². The van der Waals surface area contributed by atoms with E-state index in [1.54, 1.807) is 0 Å². The summed E-state index contributed by atoms with van der Waals surface area (Å²) < 4.78 is 76.8. The molecule has 0 aliphatic heterocycles. The Morgan fingerprint density at radius 3 is 0.878 bits per heavy atom. The van der Waals surface area contributed by atoms with E-state index in [2.05, 4.69) is 31.2 Å². The van der Waals surface area contributed by atoms with Gasteiger partial charge in [-0.05, 0) is 114 Å². The van der Waals surface area contributed by atoms with E-state index in [9.17, 15) is 55.7 Å². The zero-order valence-corrected chi connectivity index (χ0v) is 42.2. The molecule has 2 amide bonds. The fourth-order valence-electron chi connectivity index (χ4n) is 8.37. The molecule has 3 N–H and O–H groups in total. The van der Waals surface area contributed by atoms with Crippen LogP contribution in [0.3, 0.4) is 0 Å². The van der Waals surface area contributed by atoms with Crippen molar-refractivity contribution in [3.8, 4) is 0 Å². The van der Waals surface area contributed by atoms with Crippen molar-refractivity contribution in [2.45, 2.75) is 155 Å². The number of benzene rings is 5. The molecule has 0 saturated heterocycles. The number of hydrogen-bond acceptors (Lipinski definition) is 5. The van der Waals surface area contributed by atoms with E-state index < -0.39 is 47.2 Å². The maximum absolute atomic E-state index is 12.8. The molecular weight excluding hydrogens is 963 g/mol. The molecule has 5 rings (SSSR count). The summed E-state index contributed by atoms with van der Waals surface area (Å²) in [5.41, 5.74) is 5.64. The summed E-state index contributed by atoms with van der Waals surface area (Å²) >= 11 is 0. The zero-order valence-electron chi connectivity index (χ0n) is 42.2. The second kappa shape index (κ2) is 31.3. The number of carbonyl (C=O) groups excluding carboxylic acids is 2. The van der Waals surface area contributed by atoms with Gasteiger partial charge in [0.25, 0.3) is 0 Å². The molecule has 0 atom stereocenters. The van der Waals surface area contributed by atoms with Gasteiger partial charge in [-0.2, -0.15) is 26.3 Å². The zero-order chi connectivity index (χ0) is 53.9. The van der Waals surface area contributed by atoms with Crippen LogP contribution in [0.1, 0.15) is 146 Å². The van der Waals surface area contributed by atoms with Crippen molar-refractivity contribution in [1.29, 1.82) is 0 Å². The van der Waals surface area contributed by atoms with Gasteiger partial charge >= 0.3 is 36.1 Å². The average molecular weight is 1030 g/mol. The molecule has 5 aromatic carbocycles. The summed E-state index contributed by atoms with van der Waals surface area (Å²) in [6, 6.07) is 32.8. The smallest absolute Gasteiger partial charge is 0.416 e. The third kappa shape index (κ3) is 22.3. The average Bonchev–Trinajstić information content (AvgIpc) is 3.38. The van der Waals surface area contributed by atoms with E-state index in [1.165, 1.54) is 98.7 Å². The number of nitrogens with zero attached hydrogens (tertiary/aromatic N) is 2. The van der Waals surface area contributed by atoms with Gasteiger partial charge in [0.05, 0.1) is 11.1 Å². The number of carbonyl (C=O) groups is 4. The molecule has 0 spiro atoms. The van der Waals surface area contributed by atoms with Crippen LogP contribution < -0.4 is 0 Å². The highest BCUT2D eigenvalue weighted by molar-refractivity contribution is 6.31. The van der Waals surface area contributed by atoms with E-state index in [-0.39, 0.29) is 32.8 Å². The van der Waals surface area contributed by atoms with Gasteiger partial charge in [-0.15, -0.1) is 0 Å². The normalized spacial score (nSPS) is 11.4. The number of aliphatic carboxylic acids is 2. The van der Waals surface area contributed by atoms with Crippen LogP contribution in [-0.2, 0) is 83.4 Å². The highest BCUT2D eigenvalue weighted by Gasteiger charge is 2.31. The Labute approximate surface area is 431 Å². The molecule has 0 heterocycles. The minimum atomic E-state index is -4.46. The Bertz CT molecular complexity index is 2440. The molecule has 0 unspecified atom stereocenters. The Kier molecular flexibility index (Phi) is 25.4. The van der Waals surface area contributed by atoms with Crippen LogP contribution in [0.5, 0.6) is 0 Å². The highest BCUT2D eigenvalue weighted by atomic mass is 19.4. The van der Waals surface area contributed by atoms with E-state index in [1.807, 2.05) is 48.5 Å². The fraction of sp³-hybridized carbons (Fsp3) is 0.424. The molecule has 400 valence electrons. The standard InChI is InChI=1S/C31H34F3NO3.C28H36F3NO4/c1-2-3-4-5-6-23-7-9-24(10-8-23)11-12-25-13-15-26(16-14-25)21-35(29(36)30(37)38)22-27-17-19-28(20-18-27)31(32,33)34;29-28(30,31)25-17-15-24(16-18-25)21-32(26(34)27(35)36)20-23-13-11-22(12-14-23)10-8-6-4-2-1-3-5-7-9-19-33/h7-10,13-20H,2-6,11-12,21-22H2,1H3,(H,37,38);11-18,33H,1-10,19-21H2,(H,35,36). The second-order valence-corrected chi connectivity index (χ2v) is 18.7. The Balaban J connectivity index is 0.000000321. The summed E-state index contributed by atoms with van der Waals surface area (Å²) in [6.07, 6.45) is 10.2. The van der Waals surface area contributed by atoms with Gasteiger partial charge < -0.3 is 25.1 Å². The lowest BCUT2D eigenvalue weighted by Gasteiger charge is -2.21. The van der Waals surface area contributed by atoms with Gasteiger partial charge in [-0.25, -0.2) is 9.59 Å². The minimum absolute atomic E-state index is 0.0339. The molecule has 0 fully saturated rings. The van der Waals surface area contributed by atoms with Crippen molar-refractivity contribution in [2.75, 3.05) is 6.61 Å². The van der Waals surface area contributed by atoms with Gasteiger partial charge in [-0.1, -0.05) is 168 Å². The molecule has 5 aromatic rings. The Morgan fingerprint density at radius 1 is 0.365 bits per heavy atom. The predicted molar refractivity (Wildman–Crippen MR) is 274 cm³/mol. The topological polar surface area (TPSA) is 135 Å². The summed E-state index contributed by atoms with van der Waals surface area (Å²) in [4.78, 5) is 49.3. The highest BCUT2D eigenvalue weighted by Crippen LogP contribution is 2.31. The van der Waals surface area contributed by atoms with Crippen molar-refractivity contribution in [2.24, 2.45) is 0 Å². The summed E-state index contributed by atoms with van der Waals surface area (Å²) in [6.45, 7) is 2.36. The third-order valence-electron chi connectivity index (χ3n) is 12.7. The molecule has 0 saturated carbocycles. The van der Waals surface area contributed by atoms with E-state index >= 15 is 0 Å². The van der Waals surface area contributed by atoms with Crippen LogP contribution in [0, 0.1) is 0 Å². The van der Waals surface area contributed by atoms with Crippen LogP contribution in [-0.4, -0.2) is 55.5 Å². The molecular formula is C59H70F6N2O7. The lowest BCUT2D eigenvalue weighted by molar-refractivity contribution is -0.156. The molecule has 0 aliphatic rings. The number of aryl methyl sites for hydroxylation is 4.